The second-order valence-electron chi connectivity index (χ2n) is 7.61. The number of rotatable bonds is 5. The molecule has 0 bridgehead atoms. The molecule has 1 aliphatic carbocycles. The lowest BCUT2D eigenvalue weighted by Gasteiger charge is -2.33. The number of carbonyl (C=O) groups excluding carboxylic acids is 2. The molecule has 3 aliphatic rings. The predicted molar refractivity (Wildman–Crippen MR) is 125 cm³/mol. The van der Waals surface area contributed by atoms with Crippen LogP contribution in [0.4, 0.5) is 5.00 Å². The van der Waals surface area contributed by atoms with Crippen LogP contribution in [0.15, 0.2) is 87.9 Å². The molecule has 1 aromatic heterocycles. The summed E-state index contributed by atoms with van der Waals surface area (Å²) >= 11 is 7.26. The number of ketones is 1. The molecule has 0 aromatic carbocycles. The summed E-state index contributed by atoms with van der Waals surface area (Å²) in [6.45, 7) is 3.82. The highest BCUT2D eigenvalue weighted by atomic mass is 35.5. The Morgan fingerprint density at radius 1 is 1.23 bits per heavy atom. The Labute approximate surface area is 190 Å². The van der Waals surface area contributed by atoms with Crippen molar-refractivity contribution in [3.05, 3.63) is 93.6 Å². The first-order valence-electron chi connectivity index (χ1n) is 9.99. The fourth-order valence-corrected chi connectivity index (χ4v) is 4.42. The van der Waals surface area contributed by atoms with E-state index in [9.17, 15) is 9.59 Å². The third-order valence-corrected chi connectivity index (χ3v) is 6.21. The van der Waals surface area contributed by atoms with Crippen LogP contribution >= 0.6 is 23.1 Å². The quantitative estimate of drug-likeness (QED) is 0.585. The Balaban J connectivity index is 1.57. The van der Waals surface area contributed by atoms with Gasteiger partial charge in [0.2, 0.25) is 5.78 Å². The molecule has 31 heavy (non-hydrogen) atoms. The van der Waals surface area contributed by atoms with Crippen molar-refractivity contribution in [3.8, 4) is 0 Å². The van der Waals surface area contributed by atoms with Crippen molar-refractivity contribution >= 4 is 39.8 Å². The first-order valence-corrected chi connectivity index (χ1v) is 11.1. The smallest absolute Gasteiger partial charge is 0.297 e. The molecule has 3 heterocycles. The number of Topliss-reactive ketones (excluding diaryl/α,β-unsaturated/α-hetero) is 1. The minimum Gasteiger partial charge on any atom is -0.320 e. The van der Waals surface area contributed by atoms with Gasteiger partial charge in [0.25, 0.3) is 5.91 Å². The van der Waals surface area contributed by atoms with Crippen molar-refractivity contribution in [2.45, 2.75) is 33.1 Å². The molecule has 2 aliphatic heterocycles. The Bertz CT molecular complexity index is 1160. The first kappa shape index (κ1) is 21.3. The van der Waals surface area contributed by atoms with Gasteiger partial charge in [-0.25, -0.2) is 0 Å². The van der Waals surface area contributed by atoms with Gasteiger partial charge in [0, 0.05) is 28.9 Å². The van der Waals surface area contributed by atoms with E-state index in [1.807, 2.05) is 67.5 Å². The molecule has 4 rings (SSSR count). The number of fused-ring (bicyclic) bond motifs is 1. The van der Waals surface area contributed by atoms with Crippen LogP contribution in [0, 0.1) is 6.92 Å². The summed E-state index contributed by atoms with van der Waals surface area (Å²) in [6.07, 6.45) is 17.8. The maximum atomic E-state index is 13.0. The Morgan fingerprint density at radius 3 is 2.84 bits per heavy atom. The summed E-state index contributed by atoms with van der Waals surface area (Å²) in [5.74, 6) is -1.16. The van der Waals surface area contributed by atoms with Crippen LogP contribution in [-0.2, 0) is 9.59 Å². The average Bonchev–Trinajstić information content (AvgIpc) is 3.04. The summed E-state index contributed by atoms with van der Waals surface area (Å²) in [5, 5.41) is 3.95. The lowest BCUT2D eigenvalue weighted by atomic mass is 9.93. The standard InChI is InChI=1S/C24H22ClN3O2S/c1-15-10-11-28-19(14-17-4-3-5-18(25)7-6-17)8-9-20(21(28)12-15)23(29)24(30)26-22-13-16(2)27-31-22/h3,5-8,10-13H,4,9,14H2,1-2H3,(H,26,30). The van der Waals surface area contributed by atoms with E-state index in [1.54, 1.807) is 6.07 Å². The largest absolute Gasteiger partial charge is 0.320 e. The number of aryl methyl sites for hydroxylation is 1. The van der Waals surface area contributed by atoms with Crippen LogP contribution in [-0.4, -0.2) is 21.0 Å². The molecule has 158 valence electrons. The number of hydrogen-bond donors (Lipinski definition) is 1. The van der Waals surface area contributed by atoms with Crippen LogP contribution in [0.25, 0.3) is 0 Å². The van der Waals surface area contributed by atoms with Gasteiger partial charge in [0.05, 0.1) is 11.4 Å². The zero-order chi connectivity index (χ0) is 22.0. The van der Waals surface area contributed by atoms with E-state index in [4.69, 9.17) is 11.6 Å². The van der Waals surface area contributed by atoms with Crippen molar-refractivity contribution in [1.29, 1.82) is 0 Å². The topological polar surface area (TPSA) is 62.3 Å². The molecule has 0 radical (unpaired) electrons. The van der Waals surface area contributed by atoms with Crippen LogP contribution in [0.5, 0.6) is 0 Å². The highest BCUT2D eigenvalue weighted by Gasteiger charge is 2.29. The number of anilines is 1. The molecule has 0 fully saturated rings. The van der Waals surface area contributed by atoms with E-state index >= 15 is 0 Å². The van der Waals surface area contributed by atoms with Gasteiger partial charge in [-0.2, -0.15) is 4.37 Å². The van der Waals surface area contributed by atoms with Crippen LogP contribution in [0.2, 0.25) is 0 Å². The molecule has 0 saturated heterocycles. The molecular weight excluding hydrogens is 430 g/mol. The second-order valence-corrected chi connectivity index (χ2v) is 8.85. The van der Waals surface area contributed by atoms with Crippen molar-refractivity contribution in [3.63, 3.8) is 0 Å². The van der Waals surface area contributed by atoms with E-state index in [0.29, 0.717) is 22.0 Å². The van der Waals surface area contributed by atoms with Crippen LogP contribution in [0.3, 0.4) is 0 Å². The molecule has 0 unspecified atom stereocenters. The van der Waals surface area contributed by atoms with Gasteiger partial charge in [0.15, 0.2) is 0 Å². The lowest BCUT2D eigenvalue weighted by molar-refractivity contribution is -0.132. The third kappa shape index (κ3) is 4.86. The molecule has 1 amide bonds. The van der Waals surface area contributed by atoms with Gasteiger partial charge in [-0.1, -0.05) is 35.4 Å². The maximum absolute atomic E-state index is 13.0. The summed E-state index contributed by atoms with van der Waals surface area (Å²) in [6, 6.07) is 1.75. The maximum Gasteiger partial charge on any atom is 0.297 e. The minimum atomic E-state index is -0.639. The van der Waals surface area contributed by atoms with Crippen LogP contribution in [0.1, 0.15) is 31.9 Å². The predicted octanol–water partition coefficient (Wildman–Crippen LogP) is 5.68. The second kappa shape index (κ2) is 9.04. The highest BCUT2D eigenvalue weighted by Crippen LogP contribution is 2.35. The van der Waals surface area contributed by atoms with E-state index in [2.05, 4.69) is 9.69 Å². The number of amides is 1. The van der Waals surface area contributed by atoms with E-state index < -0.39 is 11.7 Å². The molecule has 0 spiro atoms. The first-order chi connectivity index (χ1) is 14.9. The van der Waals surface area contributed by atoms with Gasteiger partial charge in [0.1, 0.15) is 5.00 Å². The van der Waals surface area contributed by atoms with Crippen molar-refractivity contribution < 1.29 is 9.59 Å². The Morgan fingerprint density at radius 2 is 2.06 bits per heavy atom. The van der Waals surface area contributed by atoms with Gasteiger partial charge < -0.3 is 10.2 Å². The van der Waals surface area contributed by atoms with Crippen LogP contribution < -0.4 is 5.32 Å². The fourth-order valence-electron chi connectivity index (χ4n) is 3.61. The summed E-state index contributed by atoms with van der Waals surface area (Å²) in [7, 11) is 0. The fraction of sp³-hybridized carbons (Fsp3) is 0.208. The van der Waals surface area contributed by atoms with E-state index in [0.717, 1.165) is 35.5 Å². The van der Waals surface area contributed by atoms with E-state index in [-0.39, 0.29) is 0 Å². The summed E-state index contributed by atoms with van der Waals surface area (Å²) in [4.78, 5) is 27.6. The van der Waals surface area contributed by atoms with Crippen molar-refractivity contribution in [2.24, 2.45) is 0 Å². The monoisotopic (exact) mass is 451 g/mol. The molecule has 0 saturated carbocycles. The zero-order valence-corrected chi connectivity index (χ0v) is 18.9. The minimum absolute atomic E-state index is 0.409. The van der Waals surface area contributed by atoms with Gasteiger partial charge in [-0.15, -0.1) is 0 Å². The zero-order valence-electron chi connectivity index (χ0n) is 17.3. The Hall–Kier alpha value is -2.96. The number of halogens is 1. The number of nitrogens with zero attached hydrogens (tertiary/aromatic N) is 2. The summed E-state index contributed by atoms with van der Waals surface area (Å²) < 4.78 is 4.14. The van der Waals surface area contributed by atoms with Gasteiger partial charge >= 0.3 is 0 Å². The molecule has 7 heteroatoms. The van der Waals surface area contributed by atoms with Crippen molar-refractivity contribution in [2.75, 3.05) is 5.32 Å². The normalized spacial score (nSPS) is 18.0. The van der Waals surface area contributed by atoms with Crippen molar-refractivity contribution in [1.82, 2.24) is 9.27 Å². The number of allylic oxidation sites excluding steroid dienone is 10. The lowest BCUT2D eigenvalue weighted by Crippen LogP contribution is -2.30. The SMILES string of the molecule is CC1=CC2=C(C(=O)C(=O)Nc3cc(C)ns3)CC=C(CC3=CC=C(Cl)C=CC3)N2C=C1. The molecule has 0 atom stereocenters. The summed E-state index contributed by atoms with van der Waals surface area (Å²) in [5.41, 5.74) is 5.39. The van der Waals surface area contributed by atoms with Gasteiger partial charge in [-0.3, -0.25) is 9.59 Å². The highest BCUT2D eigenvalue weighted by molar-refractivity contribution is 7.10. The van der Waals surface area contributed by atoms with E-state index in [1.165, 1.54) is 17.1 Å². The van der Waals surface area contributed by atoms with Gasteiger partial charge in [-0.05, 0) is 74.2 Å². The number of hydrogen-bond acceptors (Lipinski definition) is 5. The number of carbonyl (C=O) groups is 2. The molecule has 1 N–H and O–H groups in total. The Kier molecular flexibility index (Phi) is 6.20. The number of nitrogens with one attached hydrogen (secondary N) is 1. The molecule has 1 aromatic rings. The molecule has 5 nitrogen and oxygen atoms in total. The third-order valence-electron chi connectivity index (χ3n) is 5.16. The average molecular weight is 452 g/mol. The molecular formula is C24H22ClN3O2S. The number of aromatic nitrogens is 1.